The predicted molar refractivity (Wildman–Crippen MR) is 107 cm³/mol. The molecule has 2 aromatic rings. The second kappa shape index (κ2) is 9.73. The van der Waals surface area contributed by atoms with Crippen molar-refractivity contribution in [3.05, 3.63) is 40.2 Å². The van der Waals surface area contributed by atoms with Gasteiger partial charge in [-0.25, -0.2) is 9.98 Å². The van der Waals surface area contributed by atoms with Crippen molar-refractivity contribution in [2.45, 2.75) is 45.7 Å². The van der Waals surface area contributed by atoms with E-state index in [9.17, 15) is 0 Å². The fourth-order valence-corrected chi connectivity index (χ4v) is 3.96. The molecule has 2 aromatic heterocycles. The molecule has 0 amide bonds. The van der Waals surface area contributed by atoms with Crippen LogP contribution in [0.15, 0.2) is 33.2 Å². The molecule has 0 saturated carbocycles. The van der Waals surface area contributed by atoms with E-state index in [1.165, 1.54) is 17.8 Å². The van der Waals surface area contributed by atoms with Crippen LogP contribution in [-0.4, -0.2) is 42.0 Å². The molecule has 3 rings (SSSR count). The Morgan fingerprint density at radius 3 is 2.85 bits per heavy atom. The molecule has 0 aromatic carbocycles. The summed E-state index contributed by atoms with van der Waals surface area (Å²) in [6.07, 6.45) is 5.25. The van der Waals surface area contributed by atoms with E-state index in [-0.39, 0.29) is 6.04 Å². The van der Waals surface area contributed by atoms with Gasteiger partial charge in [0.05, 0.1) is 29.6 Å². The van der Waals surface area contributed by atoms with Gasteiger partial charge in [-0.3, -0.25) is 4.90 Å². The largest absolute Gasteiger partial charge is 0.468 e. The first kappa shape index (κ1) is 18.9. The van der Waals surface area contributed by atoms with Crippen LogP contribution in [0.1, 0.15) is 49.2 Å². The molecule has 0 radical (unpaired) electrons. The van der Waals surface area contributed by atoms with Crippen LogP contribution in [0.25, 0.3) is 0 Å². The Morgan fingerprint density at radius 1 is 1.35 bits per heavy atom. The zero-order valence-corrected chi connectivity index (χ0v) is 16.5. The zero-order valence-electron chi connectivity index (χ0n) is 15.7. The Kier molecular flexibility index (Phi) is 7.08. The molecule has 6 nitrogen and oxygen atoms in total. The topological polar surface area (TPSA) is 65.7 Å². The van der Waals surface area contributed by atoms with Crippen LogP contribution < -0.4 is 10.6 Å². The molecule has 26 heavy (non-hydrogen) atoms. The molecule has 1 atom stereocenters. The van der Waals surface area contributed by atoms with Crippen LogP contribution >= 0.6 is 11.3 Å². The molecule has 1 fully saturated rings. The van der Waals surface area contributed by atoms with E-state index in [0.29, 0.717) is 6.54 Å². The first-order valence-corrected chi connectivity index (χ1v) is 10.4. The third-order valence-electron chi connectivity index (χ3n) is 4.56. The van der Waals surface area contributed by atoms with E-state index in [1.54, 1.807) is 17.6 Å². The van der Waals surface area contributed by atoms with Gasteiger partial charge >= 0.3 is 0 Å². The van der Waals surface area contributed by atoms with Crippen molar-refractivity contribution in [3.8, 4) is 0 Å². The van der Waals surface area contributed by atoms with E-state index in [0.717, 1.165) is 50.0 Å². The van der Waals surface area contributed by atoms with Crippen molar-refractivity contribution in [1.82, 2.24) is 20.5 Å². The van der Waals surface area contributed by atoms with Gasteiger partial charge in [-0.2, -0.15) is 0 Å². The van der Waals surface area contributed by atoms with Crippen LogP contribution in [0.4, 0.5) is 0 Å². The fraction of sp³-hybridized carbons (Fsp3) is 0.579. The number of aromatic nitrogens is 1. The van der Waals surface area contributed by atoms with Crippen LogP contribution in [-0.2, 0) is 13.0 Å². The predicted octanol–water partition coefficient (Wildman–Crippen LogP) is 3.19. The summed E-state index contributed by atoms with van der Waals surface area (Å²) in [5, 5.41) is 10.1. The number of likely N-dealkylation sites (tertiary alicyclic amines) is 1. The van der Waals surface area contributed by atoms with Crippen LogP contribution in [0.3, 0.4) is 0 Å². The Bertz CT molecular complexity index is 676. The fourth-order valence-electron chi connectivity index (χ4n) is 3.22. The zero-order chi connectivity index (χ0) is 18.2. The number of aryl methyl sites for hydroxylation is 1. The molecule has 0 bridgehead atoms. The minimum absolute atomic E-state index is 0.238. The van der Waals surface area contributed by atoms with E-state index in [1.807, 2.05) is 6.07 Å². The highest BCUT2D eigenvalue weighted by Crippen LogP contribution is 2.24. The number of hydrogen-bond donors (Lipinski definition) is 2. The van der Waals surface area contributed by atoms with E-state index < -0.39 is 0 Å². The summed E-state index contributed by atoms with van der Waals surface area (Å²) < 4.78 is 5.69. The number of nitrogens with one attached hydrogen (secondary N) is 2. The van der Waals surface area contributed by atoms with Gasteiger partial charge < -0.3 is 15.1 Å². The lowest BCUT2D eigenvalue weighted by Gasteiger charge is -2.26. The minimum Gasteiger partial charge on any atom is -0.468 e. The van der Waals surface area contributed by atoms with Crippen molar-refractivity contribution in [1.29, 1.82) is 0 Å². The number of rotatable bonds is 8. The lowest BCUT2D eigenvalue weighted by Crippen LogP contribution is -2.42. The number of guanidine groups is 1. The molecule has 0 spiro atoms. The molecule has 1 saturated heterocycles. The summed E-state index contributed by atoms with van der Waals surface area (Å²) in [4.78, 5) is 11.8. The molecule has 0 aliphatic carbocycles. The van der Waals surface area contributed by atoms with Gasteiger partial charge in [0.25, 0.3) is 0 Å². The van der Waals surface area contributed by atoms with E-state index in [4.69, 9.17) is 9.41 Å². The Balaban J connectivity index is 1.62. The molecule has 3 heterocycles. The maximum absolute atomic E-state index is 5.69. The van der Waals surface area contributed by atoms with Crippen LogP contribution in [0.5, 0.6) is 0 Å². The number of aliphatic imine (C=N–C) groups is 1. The molecule has 1 aliphatic heterocycles. The average Bonchev–Trinajstić information content (AvgIpc) is 3.42. The van der Waals surface area contributed by atoms with Crippen LogP contribution in [0, 0.1) is 0 Å². The maximum Gasteiger partial charge on any atom is 0.191 e. The van der Waals surface area contributed by atoms with Crippen molar-refractivity contribution < 1.29 is 4.42 Å². The molecule has 1 unspecified atom stereocenters. The Labute approximate surface area is 159 Å². The number of hydrogen-bond acceptors (Lipinski definition) is 5. The molecular weight excluding hydrogens is 346 g/mol. The first-order valence-electron chi connectivity index (χ1n) is 9.53. The summed E-state index contributed by atoms with van der Waals surface area (Å²) >= 11 is 1.71. The van der Waals surface area contributed by atoms with Gasteiger partial charge in [-0.15, -0.1) is 11.3 Å². The van der Waals surface area contributed by atoms with Crippen LogP contribution in [0.2, 0.25) is 0 Å². The molecular formula is C19H29N5OS. The third kappa shape index (κ3) is 5.08. The number of thiazole rings is 1. The molecule has 2 N–H and O–H groups in total. The summed E-state index contributed by atoms with van der Waals surface area (Å²) in [5.74, 6) is 1.84. The molecule has 1 aliphatic rings. The van der Waals surface area contributed by atoms with Gasteiger partial charge in [0.2, 0.25) is 0 Å². The van der Waals surface area contributed by atoms with Gasteiger partial charge in [0.15, 0.2) is 5.96 Å². The van der Waals surface area contributed by atoms with Gasteiger partial charge in [0.1, 0.15) is 5.76 Å². The van der Waals surface area contributed by atoms with Crippen molar-refractivity contribution >= 4 is 17.3 Å². The quantitative estimate of drug-likeness (QED) is 0.548. The SMILES string of the molecule is CCNC(=NCc1csc(CC)n1)NCC(c1ccco1)N1CCCC1. The number of furan rings is 1. The summed E-state index contributed by atoms with van der Waals surface area (Å²) in [6.45, 7) is 8.67. The first-order chi connectivity index (χ1) is 12.8. The van der Waals surface area contributed by atoms with Crippen molar-refractivity contribution in [2.75, 3.05) is 26.2 Å². The lowest BCUT2D eigenvalue weighted by atomic mass is 10.2. The second-order valence-corrected chi connectivity index (χ2v) is 7.38. The summed E-state index contributed by atoms with van der Waals surface area (Å²) in [6, 6.07) is 4.27. The highest BCUT2D eigenvalue weighted by atomic mass is 32.1. The van der Waals surface area contributed by atoms with Gasteiger partial charge in [0, 0.05) is 18.5 Å². The van der Waals surface area contributed by atoms with Crippen molar-refractivity contribution in [3.63, 3.8) is 0 Å². The van der Waals surface area contributed by atoms with Crippen molar-refractivity contribution in [2.24, 2.45) is 4.99 Å². The summed E-state index contributed by atoms with van der Waals surface area (Å²) in [7, 11) is 0. The highest BCUT2D eigenvalue weighted by molar-refractivity contribution is 7.09. The Hall–Kier alpha value is -1.86. The smallest absolute Gasteiger partial charge is 0.191 e. The number of nitrogens with zero attached hydrogens (tertiary/aromatic N) is 3. The highest BCUT2D eigenvalue weighted by Gasteiger charge is 2.25. The van der Waals surface area contributed by atoms with E-state index in [2.05, 4.69) is 45.8 Å². The minimum atomic E-state index is 0.238. The lowest BCUT2D eigenvalue weighted by molar-refractivity contribution is 0.215. The molecule has 7 heteroatoms. The monoisotopic (exact) mass is 375 g/mol. The average molecular weight is 376 g/mol. The molecule has 142 valence electrons. The third-order valence-corrected chi connectivity index (χ3v) is 5.60. The standard InChI is InChI=1S/C19H29N5OS/c1-3-18-23-15(14-26-18)12-21-19(20-4-2)22-13-16(17-8-7-11-25-17)24-9-5-6-10-24/h7-8,11,14,16H,3-6,9-10,12-13H2,1-2H3,(H2,20,21,22). The van der Waals surface area contributed by atoms with Gasteiger partial charge in [-0.05, 0) is 51.4 Å². The normalized spacial score (nSPS) is 16.8. The maximum atomic E-state index is 5.69. The summed E-state index contributed by atoms with van der Waals surface area (Å²) in [5.41, 5.74) is 1.03. The second-order valence-electron chi connectivity index (χ2n) is 6.44. The Morgan fingerprint density at radius 2 is 2.19 bits per heavy atom. The van der Waals surface area contributed by atoms with E-state index >= 15 is 0 Å². The van der Waals surface area contributed by atoms with Gasteiger partial charge in [-0.1, -0.05) is 6.92 Å².